The third-order valence-corrected chi connectivity index (χ3v) is 4.02. The Hall–Kier alpha value is -1.25. The van der Waals surface area contributed by atoms with Gasteiger partial charge in [-0.2, -0.15) is 0 Å². The summed E-state index contributed by atoms with van der Waals surface area (Å²) in [5.41, 5.74) is 4.99. The summed E-state index contributed by atoms with van der Waals surface area (Å²) in [6.07, 6.45) is -0.949. The molecular formula is C11H16F2N2O3S. The number of hydrogen-bond donors (Lipinski definition) is 3. The van der Waals surface area contributed by atoms with Crippen LogP contribution in [0.15, 0.2) is 17.0 Å². The van der Waals surface area contributed by atoms with Gasteiger partial charge >= 0.3 is 0 Å². The fraction of sp³-hybridized carbons (Fsp3) is 0.455. The minimum atomic E-state index is -4.38. The van der Waals surface area contributed by atoms with Crippen LogP contribution in [0.25, 0.3) is 0 Å². The molecule has 5 nitrogen and oxygen atoms in total. The Balaban J connectivity index is 3.02. The predicted octanol–water partition coefficient (Wildman–Crippen LogP) is 0.842. The van der Waals surface area contributed by atoms with Gasteiger partial charge in [-0.05, 0) is 18.1 Å². The molecule has 0 aliphatic carbocycles. The molecule has 1 unspecified atom stereocenters. The quantitative estimate of drug-likeness (QED) is 0.702. The van der Waals surface area contributed by atoms with Crippen LogP contribution in [0.3, 0.4) is 0 Å². The highest BCUT2D eigenvalue weighted by molar-refractivity contribution is 7.89. The maximum Gasteiger partial charge on any atom is 0.246 e. The van der Waals surface area contributed by atoms with Gasteiger partial charge in [-0.1, -0.05) is 13.8 Å². The first-order valence-corrected chi connectivity index (χ1v) is 7.05. The van der Waals surface area contributed by atoms with Crippen molar-refractivity contribution in [2.45, 2.75) is 24.8 Å². The average molecular weight is 294 g/mol. The number of rotatable bonds is 5. The SMILES string of the molecule is CC(C)C(O)CNS(=O)(=O)c1c(F)cc(N)cc1F. The number of aliphatic hydroxyl groups is 1. The molecule has 0 saturated carbocycles. The van der Waals surface area contributed by atoms with Crippen molar-refractivity contribution < 1.29 is 22.3 Å². The molecule has 1 aromatic rings. The Labute approximate surface area is 110 Å². The number of hydrogen-bond acceptors (Lipinski definition) is 4. The first kappa shape index (κ1) is 15.8. The lowest BCUT2D eigenvalue weighted by Crippen LogP contribution is -2.35. The van der Waals surface area contributed by atoms with Gasteiger partial charge in [0.25, 0.3) is 0 Å². The highest BCUT2D eigenvalue weighted by Gasteiger charge is 2.25. The molecule has 0 spiro atoms. The average Bonchev–Trinajstić information content (AvgIpc) is 2.23. The largest absolute Gasteiger partial charge is 0.399 e. The van der Waals surface area contributed by atoms with Crippen LogP contribution < -0.4 is 10.5 Å². The second kappa shape index (κ2) is 5.81. The molecule has 0 saturated heterocycles. The van der Waals surface area contributed by atoms with Crippen LogP contribution in [0.1, 0.15) is 13.8 Å². The molecule has 19 heavy (non-hydrogen) atoms. The highest BCUT2D eigenvalue weighted by atomic mass is 32.2. The molecule has 0 amide bonds. The first-order valence-electron chi connectivity index (χ1n) is 5.57. The molecule has 0 heterocycles. The van der Waals surface area contributed by atoms with Crippen molar-refractivity contribution >= 4 is 15.7 Å². The third-order valence-electron chi connectivity index (χ3n) is 2.54. The van der Waals surface area contributed by atoms with Crippen LogP contribution in [-0.4, -0.2) is 26.2 Å². The lowest BCUT2D eigenvalue weighted by molar-refractivity contribution is 0.129. The van der Waals surface area contributed by atoms with Gasteiger partial charge < -0.3 is 10.8 Å². The summed E-state index contributed by atoms with van der Waals surface area (Å²) in [5.74, 6) is -2.74. The number of sulfonamides is 1. The Morgan fingerprint density at radius 2 is 1.79 bits per heavy atom. The predicted molar refractivity (Wildman–Crippen MR) is 66.8 cm³/mol. The van der Waals surface area contributed by atoms with Crippen LogP contribution in [0.2, 0.25) is 0 Å². The minimum absolute atomic E-state index is 0.191. The number of nitrogens with two attached hydrogens (primary N) is 1. The Morgan fingerprint density at radius 1 is 1.32 bits per heavy atom. The number of anilines is 1. The minimum Gasteiger partial charge on any atom is -0.399 e. The van der Waals surface area contributed by atoms with Crippen LogP contribution in [0.5, 0.6) is 0 Å². The van der Waals surface area contributed by atoms with Gasteiger partial charge in [-0.25, -0.2) is 21.9 Å². The first-order chi connectivity index (χ1) is 8.65. The van der Waals surface area contributed by atoms with Crippen LogP contribution >= 0.6 is 0 Å². The van der Waals surface area contributed by atoms with E-state index in [0.717, 1.165) is 12.1 Å². The van der Waals surface area contributed by atoms with Crippen molar-refractivity contribution in [1.82, 2.24) is 4.72 Å². The van der Waals surface area contributed by atoms with E-state index in [1.165, 1.54) is 0 Å². The number of nitrogens with one attached hydrogen (secondary N) is 1. The molecular weight excluding hydrogens is 278 g/mol. The van der Waals surface area contributed by atoms with Crippen molar-refractivity contribution in [2.75, 3.05) is 12.3 Å². The van der Waals surface area contributed by atoms with Crippen LogP contribution in [0.4, 0.5) is 14.5 Å². The van der Waals surface area contributed by atoms with E-state index < -0.39 is 32.7 Å². The smallest absolute Gasteiger partial charge is 0.246 e. The van der Waals surface area contributed by atoms with Gasteiger partial charge in [-0.3, -0.25) is 0 Å². The second-order valence-electron chi connectivity index (χ2n) is 4.48. The van der Waals surface area contributed by atoms with Gasteiger partial charge in [0, 0.05) is 12.2 Å². The van der Waals surface area contributed by atoms with Gasteiger partial charge in [0.15, 0.2) is 4.90 Å². The van der Waals surface area contributed by atoms with E-state index in [9.17, 15) is 22.3 Å². The maximum atomic E-state index is 13.5. The topological polar surface area (TPSA) is 92.4 Å². The molecule has 1 aromatic carbocycles. The zero-order chi connectivity index (χ0) is 14.8. The lowest BCUT2D eigenvalue weighted by Gasteiger charge is -2.15. The van der Waals surface area contributed by atoms with Gasteiger partial charge in [0.05, 0.1) is 6.10 Å². The summed E-state index contributed by atoms with van der Waals surface area (Å²) in [5, 5.41) is 9.48. The fourth-order valence-corrected chi connectivity index (χ4v) is 2.50. The number of nitrogen functional groups attached to an aromatic ring is 1. The van der Waals surface area contributed by atoms with Gasteiger partial charge in [0.1, 0.15) is 11.6 Å². The molecule has 0 bridgehead atoms. The fourth-order valence-electron chi connectivity index (χ4n) is 1.34. The molecule has 0 fully saturated rings. The molecule has 8 heteroatoms. The van der Waals surface area contributed by atoms with Crippen molar-refractivity contribution in [3.05, 3.63) is 23.8 Å². The zero-order valence-electron chi connectivity index (χ0n) is 10.5. The number of halogens is 2. The van der Waals surface area contributed by atoms with Crippen molar-refractivity contribution in [1.29, 1.82) is 0 Å². The molecule has 1 rings (SSSR count). The summed E-state index contributed by atoms with van der Waals surface area (Å²) in [4.78, 5) is -1.10. The van der Waals surface area contributed by atoms with E-state index in [1.807, 2.05) is 4.72 Å². The Bertz CT molecular complexity index is 538. The van der Waals surface area contributed by atoms with E-state index >= 15 is 0 Å². The summed E-state index contributed by atoms with van der Waals surface area (Å²) in [6, 6.07) is 1.44. The van der Waals surface area contributed by atoms with Gasteiger partial charge in [0.2, 0.25) is 10.0 Å². The van der Waals surface area contributed by atoms with Crippen molar-refractivity contribution in [3.8, 4) is 0 Å². The third kappa shape index (κ3) is 3.85. The summed E-state index contributed by atoms with van der Waals surface area (Å²) in [6.45, 7) is 3.04. The monoisotopic (exact) mass is 294 g/mol. The molecule has 0 aliphatic heterocycles. The molecule has 4 N–H and O–H groups in total. The van der Waals surface area contributed by atoms with Gasteiger partial charge in [-0.15, -0.1) is 0 Å². The van der Waals surface area contributed by atoms with E-state index in [4.69, 9.17) is 5.73 Å². The van der Waals surface area contributed by atoms with Crippen molar-refractivity contribution in [2.24, 2.45) is 5.92 Å². The Kier molecular flexibility index (Phi) is 4.83. The summed E-state index contributed by atoms with van der Waals surface area (Å²) in [7, 11) is -4.38. The standard InChI is InChI=1S/C11H16F2N2O3S/c1-6(2)10(16)5-15-19(17,18)11-8(12)3-7(14)4-9(11)13/h3-4,6,10,15-16H,5,14H2,1-2H3. The molecule has 0 aromatic heterocycles. The Morgan fingerprint density at radius 3 is 2.21 bits per heavy atom. The van der Waals surface area contributed by atoms with E-state index in [1.54, 1.807) is 13.8 Å². The second-order valence-corrected chi connectivity index (χ2v) is 6.18. The number of benzene rings is 1. The molecule has 0 radical (unpaired) electrons. The van der Waals surface area contributed by atoms with E-state index in [2.05, 4.69) is 0 Å². The van der Waals surface area contributed by atoms with Crippen LogP contribution in [0, 0.1) is 17.6 Å². The summed E-state index contributed by atoms with van der Waals surface area (Å²) >= 11 is 0. The van der Waals surface area contributed by atoms with Crippen molar-refractivity contribution in [3.63, 3.8) is 0 Å². The molecule has 0 aliphatic rings. The zero-order valence-corrected chi connectivity index (χ0v) is 11.3. The lowest BCUT2D eigenvalue weighted by atomic mass is 10.1. The molecule has 1 atom stereocenters. The highest BCUT2D eigenvalue weighted by Crippen LogP contribution is 2.21. The molecule has 108 valence electrons. The number of aliphatic hydroxyl groups excluding tert-OH is 1. The van der Waals surface area contributed by atoms with E-state index in [-0.39, 0.29) is 18.2 Å². The van der Waals surface area contributed by atoms with Crippen LogP contribution in [-0.2, 0) is 10.0 Å². The maximum absolute atomic E-state index is 13.5. The normalized spacial score (nSPS) is 13.8. The van der Waals surface area contributed by atoms with E-state index in [0.29, 0.717) is 0 Å². The summed E-state index contributed by atoms with van der Waals surface area (Å²) < 4.78 is 52.5.